The summed E-state index contributed by atoms with van der Waals surface area (Å²) in [6, 6.07) is 5.62. The molecule has 0 heterocycles. The summed E-state index contributed by atoms with van der Waals surface area (Å²) in [6.45, 7) is -0.105. The highest BCUT2D eigenvalue weighted by Gasteiger charge is 2.68. The minimum absolute atomic E-state index is 0.0768. The van der Waals surface area contributed by atoms with Crippen molar-refractivity contribution in [3.05, 3.63) is 35.6 Å². The van der Waals surface area contributed by atoms with Gasteiger partial charge in [-0.25, -0.2) is 13.2 Å². The molecule has 0 aliphatic heterocycles. The summed E-state index contributed by atoms with van der Waals surface area (Å²) in [6.07, 6.45) is 0. The maximum Gasteiger partial charge on any atom is 0.260 e. The molecule has 2 atom stereocenters. The molecule has 0 bridgehead atoms. The summed E-state index contributed by atoms with van der Waals surface area (Å²) >= 11 is 0. The van der Waals surface area contributed by atoms with Crippen LogP contribution in [0.25, 0.3) is 0 Å². The van der Waals surface area contributed by atoms with Crippen molar-refractivity contribution >= 4 is 0 Å². The lowest BCUT2D eigenvalue weighted by molar-refractivity contribution is 0.0943. The largest absolute Gasteiger partial charge is 0.330 e. The molecular weight excluding hydrogens is 191 g/mol. The van der Waals surface area contributed by atoms with Crippen molar-refractivity contribution in [3.63, 3.8) is 0 Å². The Morgan fingerprint density at radius 2 is 1.93 bits per heavy atom. The summed E-state index contributed by atoms with van der Waals surface area (Å²) in [5, 5.41) is 0. The van der Waals surface area contributed by atoms with Crippen molar-refractivity contribution in [3.8, 4) is 0 Å². The first-order chi connectivity index (χ1) is 6.59. The van der Waals surface area contributed by atoms with Crippen molar-refractivity contribution in [2.45, 2.75) is 11.8 Å². The zero-order chi connectivity index (χ0) is 10.3. The standard InChI is InChI=1S/C10H10F3N/c11-8-4-2-1-3-6(8)9-7(5-14)10(9,12)13/h1-4,7,9H,5,14H2. The normalized spacial score (nSPS) is 28.9. The van der Waals surface area contributed by atoms with Crippen molar-refractivity contribution in [1.29, 1.82) is 0 Å². The minimum atomic E-state index is -2.84. The van der Waals surface area contributed by atoms with Gasteiger partial charge in [0.1, 0.15) is 5.82 Å². The average molecular weight is 201 g/mol. The molecule has 76 valence electrons. The monoisotopic (exact) mass is 201 g/mol. The first-order valence-electron chi connectivity index (χ1n) is 4.41. The Balaban J connectivity index is 2.31. The highest BCUT2D eigenvalue weighted by molar-refractivity contribution is 5.33. The summed E-state index contributed by atoms with van der Waals surface area (Å²) < 4.78 is 39.3. The van der Waals surface area contributed by atoms with Gasteiger partial charge in [-0.15, -0.1) is 0 Å². The summed E-state index contributed by atoms with van der Waals surface area (Å²) in [7, 11) is 0. The lowest BCUT2D eigenvalue weighted by Gasteiger charge is -1.99. The maximum absolute atomic E-state index is 13.2. The van der Waals surface area contributed by atoms with Crippen LogP contribution >= 0.6 is 0 Å². The highest BCUT2D eigenvalue weighted by atomic mass is 19.3. The SMILES string of the molecule is NCC1C(c2ccccc2F)C1(F)F. The van der Waals surface area contributed by atoms with Crippen LogP contribution in [0.2, 0.25) is 0 Å². The average Bonchev–Trinajstić information content (AvgIpc) is 2.69. The molecule has 1 aromatic rings. The van der Waals surface area contributed by atoms with Gasteiger partial charge in [-0.2, -0.15) is 0 Å². The highest BCUT2D eigenvalue weighted by Crippen LogP contribution is 2.61. The fourth-order valence-electron chi connectivity index (χ4n) is 1.83. The second kappa shape index (κ2) is 2.98. The minimum Gasteiger partial charge on any atom is -0.330 e. The Bertz CT molecular complexity index is 351. The Labute approximate surface area is 79.7 Å². The molecule has 4 heteroatoms. The van der Waals surface area contributed by atoms with E-state index in [1.165, 1.54) is 18.2 Å². The number of rotatable bonds is 2. The molecule has 1 nitrogen and oxygen atoms in total. The summed E-state index contributed by atoms with van der Waals surface area (Å²) in [5.74, 6) is -5.35. The molecule has 2 rings (SSSR count). The van der Waals surface area contributed by atoms with E-state index in [1.807, 2.05) is 0 Å². The molecule has 1 saturated carbocycles. The predicted octanol–water partition coefficient (Wildman–Crippen LogP) is 2.13. The summed E-state index contributed by atoms with van der Waals surface area (Å²) in [5.41, 5.74) is 5.26. The third-order valence-corrected chi connectivity index (χ3v) is 2.70. The zero-order valence-corrected chi connectivity index (χ0v) is 7.38. The van der Waals surface area contributed by atoms with Crippen LogP contribution in [0, 0.1) is 11.7 Å². The first-order valence-corrected chi connectivity index (χ1v) is 4.41. The quantitative estimate of drug-likeness (QED) is 0.779. The predicted molar refractivity (Wildman–Crippen MR) is 46.6 cm³/mol. The Kier molecular flexibility index (Phi) is 2.03. The van der Waals surface area contributed by atoms with Crippen LogP contribution in [0.1, 0.15) is 11.5 Å². The van der Waals surface area contributed by atoms with Crippen molar-refractivity contribution in [2.75, 3.05) is 6.54 Å². The molecule has 1 aliphatic rings. The molecular formula is C10H10F3N. The van der Waals surface area contributed by atoms with E-state index in [1.54, 1.807) is 6.07 Å². The number of halogens is 3. The third-order valence-electron chi connectivity index (χ3n) is 2.70. The topological polar surface area (TPSA) is 26.0 Å². The molecule has 1 aromatic carbocycles. The second-order valence-corrected chi connectivity index (χ2v) is 3.52. The Morgan fingerprint density at radius 3 is 2.43 bits per heavy atom. The van der Waals surface area contributed by atoms with E-state index in [9.17, 15) is 13.2 Å². The van der Waals surface area contributed by atoms with E-state index in [-0.39, 0.29) is 12.1 Å². The molecule has 0 saturated heterocycles. The Hall–Kier alpha value is -1.03. The van der Waals surface area contributed by atoms with Gasteiger partial charge in [0.15, 0.2) is 0 Å². The van der Waals surface area contributed by atoms with Gasteiger partial charge in [0.05, 0.1) is 5.92 Å². The molecule has 2 unspecified atom stereocenters. The van der Waals surface area contributed by atoms with Gasteiger partial charge < -0.3 is 5.73 Å². The Morgan fingerprint density at radius 1 is 1.29 bits per heavy atom. The number of hydrogen-bond acceptors (Lipinski definition) is 1. The number of hydrogen-bond donors (Lipinski definition) is 1. The van der Waals surface area contributed by atoms with Crippen LogP contribution in [0.15, 0.2) is 24.3 Å². The number of nitrogens with two attached hydrogens (primary N) is 1. The van der Waals surface area contributed by atoms with E-state index >= 15 is 0 Å². The van der Waals surface area contributed by atoms with Crippen LogP contribution < -0.4 is 5.73 Å². The van der Waals surface area contributed by atoms with Crippen LogP contribution in [-0.4, -0.2) is 12.5 Å². The van der Waals surface area contributed by atoms with Crippen molar-refractivity contribution < 1.29 is 13.2 Å². The molecule has 0 aromatic heterocycles. The van der Waals surface area contributed by atoms with Gasteiger partial charge in [-0.1, -0.05) is 18.2 Å². The van der Waals surface area contributed by atoms with Crippen LogP contribution in [-0.2, 0) is 0 Å². The molecule has 0 spiro atoms. The van der Waals surface area contributed by atoms with Gasteiger partial charge in [0.25, 0.3) is 5.92 Å². The fraction of sp³-hybridized carbons (Fsp3) is 0.400. The van der Waals surface area contributed by atoms with Gasteiger partial charge in [0.2, 0.25) is 0 Å². The number of alkyl halides is 2. The van der Waals surface area contributed by atoms with Crippen molar-refractivity contribution in [2.24, 2.45) is 11.7 Å². The van der Waals surface area contributed by atoms with E-state index < -0.39 is 23.6 Å². The maximum atomic E-state index is 13.2. The smallest absolute Gasteiger partial charge is 0.260 e. The summed E-state index contributed by atoms with van der Waals surface area (Å²) in [4.78, 5) is 0. The van der Waals surface area contributed by atoms with Crippen LogP contribution in [0.4, 0.5) is 13.2 Å². The second-order valence-electron chi connectivity index (χ2n) is 3.52. The number of benzene rings is 1. The van der Waals surface area contributed by atoms with E-state index in [0.29, 0.717) is 0 Å². The van der Waals surface area contributed by atoms with E-state index in [2.05, 4.69) is 0 Å². The lowest BCUT2D eigenvalue weighted by atomic mass is 10.1. The molecule has 0 amide bonds. The van der Waals surface area contributed by atoms with E-state index in [4.69, 9.17) is 5.73 Å². The molecule has 1 fully saturated rings. The van der Waals surface area contributed by atoms with Gasteiger partial charge in [-0.05, 0) is 11.6 Å². The third kappa shape index (κ3) is 1.21. The fourth-order valence-corrected chi connectivity index (χ4v) is 1.83. The van der Waals surface area contributed by atoms with Gasteiger partial charge in [0, 0.05) is 12.5 Å². The molecule has 1 aliphatic carbocycles. The molecule has 14 heavy (non-hydrogen) atoms. The van der Waals surface area contributed by atoms with Gasteiger partial charge in [-0.3, -0.25) is 0 Å². The zero-order valence-electron chi connectivity index (χ0n) is 7.38. The van der Waals surface area contributed by atoms with Gasteiger partial charge >= 0.3 is 0 Å². The molecule has 0 radical (unpaired) electrons. The lowest BCUT2D eigenvalue weighted by Crippen LogP contribution is -2.06. The van der Waals surface area contributed by atoms with Crippen molar-refractivity contribution in [1.82, 2.24) is 0 Å². The first kappa shape index (κ1) is 9.52. The van der Waals surface area contributed by atoms with Crippen LogP contribution in [0.3, 0.4) is 0 Å². The van der Waals surface area contributed by atoms with Crippen LogP contribution in [0.5, 0.6) is 0 Å². The van der Waals surface area contributed by atoms with E-state index in [0.717, 1.165) is 0 Å². The molecule has 2 N–H and O–H groups in total.